The predicted molar refractivity (Wildman–Crippen MR) is 97.4 cm³/mol. The molecule has 2 atom stereocenters. The van der Waals surface area contributed by atoms with Crippen molar-refractivity contribution in [2.45, 2.75) is 70.9 Å². The Morgan fingerprint density at radius 2 is 2.12 bits per heavy atom. The zero-order valence-corrected chi connectivity index (χ0v) is 15.4. The maximum Gasteiger partial charge on any atom is 0.125 e. The monoisotopic (exact) mass is 332 g/mol. The lowest BCUT2D eigenvalue weighted by Gasteiger charge is -2.27. The molecule has 2 aliphatic heterocycles. The Hall–Kier alpha value is -1.10. The molecule has 1 aromatic rings. The van der Waals surface area contributed by atoms with Gasteiger partial charge in [-0.15, -0.1) is 0 Å². The molecule has 2 fully saturated rings. The average molecular weight is 332 g/mol. The van der Waals surface area contributed by atoms with E-state index in [0.717, 1.165) is 17.9 Å². The van der Waals surface area contributed by atoms with Crippen molar-refractivity contribution >= 4 is 0 Å². The first-order valence-electron chi connectivity index (χ1n) is 9.42. The topological polar surface area (TPSA) is 33.7 Å². The van der Waals surface area contributed by atoms with E-state index in [9.17, 15) is 0 Å². The molecular weight excluding hydrogens is 300 g/mol. The highest BCUT2D eigenvalue weighted by Gasteiger charge is 2.34. The lowest BCUT2D eigenvalue weighted by molar-refractivity contribution is 0.174. The van der Waals surface area contributed by atoms with Crippen molar-refractivity contribution < 1.29 is 9.47 Å². The van der Waals surface area contributed by atoms with Crippen LogP contribution < -0.4 is 10.1 Å². The Labute approximate surface area is 146 Å². The first kappa shape index (κ1) is 17.7. The summed E-state index contributed by atoms with van der Waals surface area (Å²) in [4.78, 5) is 2.66. The van der Waals surface area contributed by atoms with Gasteiger partial charge in [-0.25, -0.2) is 0 Å². The summed E-state index contributed by atoms with van der Waals surface area (Å²) in [5.41, 5.74) is 2.52. The number of hydrogen-bond donors (Lipinski definition) is 1. The number of hydrogen-bond acceptors (Lipinski definition) is 4. The van der Waals surface area contributed by atoms with Gasteiger partial charge in [0, 0.05) is 37.8 Å². The summed E-state index contributed by atoms with van der Waals surface area (Å²) in [7, 11) is 1.74. The number of nitrogens with one attached hydrogen (secondary N) is 1. The lowest BCUT2D eigenvalue weighted by atomic mass is 10.0. The molecule has 0 amide bonds. The molecule has 1 N–H and O–H groups in total. The van der Waals surface area contributed by atoms with Crippen LogP contribution in [-0.4, -0.2) is 43.3 Å². The van der Waals surface area contributed by atoms with E-state index in [1.54, 1.807) is 7.11 Å². The molecule has 0 spiro atoms. The maximum atomic E-state index is 5.92. The maximum absolute atomic E-state index is 5.92. The number of nitrogens with zero attached hydrogens (tertiary/aromatic N) is 1. The van der Waals surface area contributed by atoms with E-state index in [2.05, 4.69) is 42.3 Å². The molecule has 3 rings (SSSR count). The van der Waals surface area contributed by atoms with Gasteiger partial charge in [-0.2, -0.15) is 0 Å². The van der Waals surface area contributed by atoms with E-state index in [1.807, 2.05) is 0 Å². The van der Waals surface area contributed by atoms with Crippen LogP contribution in [0, 0.1) is 0 Å². The predicted octanol–water partition coefficient (Wildman–Crippen LogP) is 3.34. The van der Waals surface area contributed by atoms with Crippen LogP contribution in [0.5, 0.6) is 5.75 Å². The molecule has 2 heterocycles. The Morgan fingerprint density at radius 1 is 1.25 bits per heavy atom. The number of benzene rings is 1. The number of ether oxygens (including phenoxy) is 2. The SMILES string of the molecule is COCc1cc(CN2CC[C@H]3NCCCC[C@H]32)ccc1OC(C)C. The quantitative estimate of drug-likeness (QED) is 0.866. The highest BCUT2D eigenvalue weighted by atomic mass is 16.5. The van der Waals surface area contributed by atoms with Crippen LogP contribution in [0.25, 0.3) is 0 Å². The molecule has 1 aromatic carbocycles. The van der Waals surface area contributed by atoms with Gasteiger partial charge in [-0.1, -0.05) is 12.5 Å². The first-order valence-corrected chi connectivity index (χ1v) is 9.42. The standard InChI is InChI=1S/C20H32N2O2/c1-15(2)24-20-8-7-16(12-17(20)14-23-3)13-22-11-9-18-19(22)6-4-5-10-21-18/h7-8,12,15,18-19,21H,4-6,9-11,13-14H2,1-3H3/t18-,19-/m1/s1. The third-order valence-corrected chi connectivity index (χ3v) is 5.17. The van der Waals surface area contributed by atoms with Crippen molar-refractivity contribution in [2.75, 3.05) is 20.2 Å². The Kier molecular flexibility index (Phi) is 6.14. The van der Waals surface area contributed by atoms with Gasteiger partial charge in [0.05, 0.1) is 12.7 Å². The van der Waals surface area contributed by atoms with Gasteiger partial charge in [0.2, 0.25) is 0 Å². The summed E-state index contributed by atoms with van der Waals surface area (Å²) in [6.45, 7) is 8.15. The largest absolute Gasteiger partial charge is 0.491 e. The molecule has 4 heteroatoms. The fourth-order valence-corrected chi connectivity index (χ4v) is 4.10. The summed E-state index contributed by atoms with van der Waals surface area (Å²) in [6, 6.07) is 7.98. The van der Waals surface area contributed by atoms with Crippen LogP contribution in [0.3, 0.4) is 0 Å². The van der Waals surface area contributed by atoms with Gasteiger partial charge in [0.1, 0.15) is 5.75 Å². The molecule has 4 nitrogen and oxygen atoms in total. The number of methoxy groups -OCH3 is 1. The second-order valence-corrected chi connectivity index (χ2v) is 7.42. The van der Waals surface area contributed by atoms with Crippen LogP contribution >= 0.6 is 0 Å². The van der Waals surface area contributed by atoms with Crippen molar-refractivity contribution in [2.24, 2.45) is 0 Å². The minimum absolute atomic E-state index is 0.183. The second-order valence-electron chi connectivity index (χ2n) is 7.42. The summed E-state index contributed by atoms with van der Waals surface area (Å²) in [5, 5.41) is 3.74. The van der Waals surface area contributed by atoms with Crippen molar-refractivity contribution in [3.63, 3.8) is 0 Å². The van der Waals surface area contributed by atoms with Crippen LogP contribution in [0.1, 0.15) is 50.7 Å². The number of fused-ring (bicyclic) bond motifs is 1. The first-order chi connectivity index (χ1) is 11.7. The Balaban J connectivity index is 1.71. The zero-order chi connectivity index (χ0) is 16.9. The van der Waals surface area contributed by atoms with Gasteiger partial charge in [0.25, 0.3) is 0 Å². The smallest absolute Gasteiger partial charge is 0.125 e. The molecule has 134 valence electrons. The molecule has 2 saturated heterocycles. The molecule has 0 aliphatic carbocycles. The highest BCUT2D eigenvalue weighted by molar-refractivity contribution is 5.37. The number of likely N-dealkylation sites (tertiary alicyclic amines) is 1. The van der Waals surface area contributed by atoms with Crippen LogP contribution in [-0.2, 0) is 17.9 Å². The van der Waals surface area contributed by atoms with E-state index < -0.39 is 0 Å². The van der Waals surface area contributed by atoms with Gasteiger partial charge in [-0.3, -0.25) is 4.90 Å². The van der Waals surface area contributed by atoms with Crippen LogP contribution in [0.15, 0.2) is 18.2 Å². The van der Waals surface area contributed by atoms with Gasteiger partial charge >= 0.3 is 0 Å². The molecule has 0 bridgehead atoms. The molecule has 0 aromatic heterocycles. The fraction of sp³-hybridized carbons (Fsp3) is 0.700. The molecule has 2 aliphatic rings. The highest BCUT2D eigenvalue weighted by Crippen LogP contribution is 2.28. The molecule has 0 saturated carbocycles. The molecule has 0 unspecified atom stereocenters. The second kappa shape index (κ2) is 8.32. The van der Waals surface area contributed by atoms with Crippen LogP contribution in [0.4, 0.5) is 0 Å². The molecular formula is C20H32N2O2. The van der Waals surface area contributed by atoms with Gasteiger partial charge in [-0.05, 0) is 57.4 Å². The van der Waals surface area contributed by atoms with Gasteiger partial charge in [0.15, 0.2) is 0 Å². The fourth-order valence-electron chi connectivity index (χ4n) is 4.10. The lowest BCUT2D eigenvalue weighted by Crippen LogP contribution is -2.40. The van der Waals surface area contributed by atoms with E-state index >= 15 is 0 Å². The van der Waals surface area contributed by atoms with Crippen molar-refractivity contribution in [3.05, 3.63) is 29.3 Å². The van der Waals surface area contributed by atoms with Crippen molar-refractivity contribution in [3.8, 4) is 5.75 Å². The minimum Gasteiger partial charge on any atom is -0.491 e. The number of rotatable bonds is 6. The van der Waals surface area contributed by atoms with Crippen molar-refractivity contribution in [1.29, 1.82) is 0 Å². The average Bonchev–Trinajstić information content (AvgIpc) is 2.78. The normalized spacial score (nSPS) is 24.8. The van der Waals surface area contributed by atoms with Crippen molar-refractivity contribution in [1.82, 2.24) is 10.2 Å². The van der Waals surface area contributed by atoms with Crippen LogP contribution in [0.2, 0.25) is 0 Å². The molecule has 24 heavy (non-hydrogen) atoms. The summed E-state index contributed by atoms with van der Waals surface area (Å²) in [6.07, 6.45) is 5.46. The third kappa shape index (κ3) is 4.29. The third-order valence-electron chi connectivity index (χ3n) is 5.17. The van der Waals surface area contributed by atoms with E-state index in [0.29, 0.717) is 18.7 Å². The Bertz CT molecular complexity index is 532. The zero-order valence-electron chi connectivity index (χ0n) is 15.4. The van der Waals surface area contributed by atoms with Gasteiger partial charge < -0.3 is 14.8 Å². The summed E-state index contributed by atoms with van der Waals surface area (Å²) >= 11 is 0. The van der Waals surface area contributed by atoms with E-state index in [4.69, 9.17) is 9.47 Å². The summed E-state index contributed by atoms with van der Waals surface area (Å²) in [5.74, 6) is 0.950. The van der Waals surface area contributed by atoms with E-state index in [1.165, 1.54) is 44.3 Å². The summed E-state index contributed by atoms with van der Waals surface area (Å²) < 4.78 is 11.3. The minimum atomic E-state index is 0.183. The molecule has 0 radical (unpaired) electrons. The van der Waals surface area contributed by atoms with E-state index in [-0.39, 0.29) is 6.10 Å². The Morgan fingerprint density at radius 3 is 2.92 bits per heavy atom.